The molecule has 40 heavy (non-hydrogen) atoms. The van der Waals surface area contributed by atoms with Crippen molar-refractivity contribution >= 4 is 17.1 Å². The normalized spacial score (nSPS) is 9.45. The van der Waals surface area contributed by atoms with E-state index in [-0.39, 0.29) is 10.6 Å². The topological polar surface area (TPSA) is 55.2 Å². The van der Waals surface area contributed by atoms with Crippen molar-refractivity contribution in [3.63, 3.8) is 0 Å². The van der Waals surface area contributed by atoms with Crippen LogP contribution in [0.25, 0.3) is 33.4 Å². The first-order valence-electron chi connectivity index (χ1n) is 14.1. The summed E-state index contributed by atoms with van der Waals surface area (Å²) in [5.41, 5.74) is 7.49. The summed E-state index contributed by atoms with van der Waals surface area (Å²) >= 11 is 0. The molecule has 0 aliphatic carbocycles. The largest absolute Gasteiger partial charge is 0.349 e. The number of hydrogen-bond acceptors (Lipinski definition) is 3. The van der Waals surface area contributed by atoms with Crippen LogP contribution < -0.4 is 5.32 Å². The van der Waals surface area contributed by atoms with Crippen LogP contribution in [-0.2, 0) is 0 Å². The van der Waals surface area contributed by atoms with Gasteiger partial charge >= 0.3 is 0 Å². The molecule has 206 valence electrons. The van der Waals surface area contributed by atoms with Crippen LogP contribution >= 0.6 is 0 Å². The number of nitrogens with zero attached hydrogens (tertiary/aromatic N) is 1. The fraction of sp³-hybridized carbons (Fsp3) is 0.167. The number of nitrogens with one attached hydrogen (secondary N) is 1. The summed E-state index contributed by atoms with van der Waals surface area (Å²) in [6.45, 7) is 12.0. The van der Waals surface area contributed by atoms with E-state index in [1.54, 1.807) is 18.2 Å². The predicted molar refractivity (Wildman–Crippen MR) is 173 cm³/mol. The zero-order chi connectivity index (χ0) is 29.3. The van der Waals surface area contributed by atoms with Gasteiger partial charge in [0.2, 0.25) is 0 Å². The van der Waals surface area contributed by atoms with Gasteiger partial charge in [0, 0.05) is 17.2 Å². The molecule has 1 N–H and O–H groups in total. The number of anilines is 2. The SMILES string of the molecule is CC.CC.CC.O=[N+]([O-])c1ccccc1Nc1c(-c2ccccc2)cc(-c2ccccc2)cc1-c1ccccc1. The van der Waals surface area contributed by atoms with Gasteiger partial charge in [-0.1, -0.05) is 145 Å². The van der Waals surface area contributed by atoms with Crippen LogP contribution in [0.15, 0.2) is 127 Å². The minimum atomic E-state index is -0.356. The van der Waals surface area contributed by atoms with Crippen LogP contribution in [0.2, 0.25) is 0 Å². The van der Waals surface area contributed by atoms with Gasteiger partial charge in [0.05, 0.1) is 10.6 Å². The van der Waals surface area contributed by atoms with Gasteiger partial charge in [-0.2, -0.15) is 0 Å². The van der Waals surface area contributed by atoms with E-state index < -0.39 is 0 Å². The maximum atomic E-state index is 11.7. The Morgan fingerprint density at radius 2 is 0.875 bits per heavy atom. The second-order valence-electron chi connectivity index (χ2n) is 7.94. The number of para-hydroxylation sites is 2. The monoisotopic (exact) mass is 532 g/mol. The molecule has 0 amide bonds. The Balaban J connectivity index is 0.000000876. The van der Waals surface area contributed by atoms with E-state index >= 15 is 0 Å². The molecule has 0 aromatic heterocycles. The molecule has 5 aromatic rings. The van der Waals surface area contributed by atoms with Crippen molar-refractivity contribution < 1.29 is 4.92 Å². The zero-order valence-corrected chi connectivity index (χ0v) is 24.4. The molecular weight excluding hydrogens is 492 g/mol. The van der Waals surface area contributed by atoms with Gasteiger partial charge in [-0.25, -0.2) is 0 Å². The van der Waals surface area contributed by atoms with Gasteiger partial charge < -0.3 is 5.32 Å². The Morgan fingerprint density at radius 1 is 0.500 bits per heavy atom. The van der Waals surface area contributed by atoms with E-state index in [9.17, 15) is 10.1 Å². The number of benzene rings is 5. The Kier molecular flexibility index (Phi) is 13.4. The molecule has 5 aromatic carbocycles. The first-order valence-corrected chi connectivity index (χ1v) is 14.1. The van der Waals surface area contributed by atoms with E-state index in [1.165, 1.54) is 6.07 Å². The maximum Gasteiger partial charge on any atom is 0.292 e. The van der Waals surface area contributed by atoms with Crippen molar-refractivity contribution in [1.29, 1.82) is 0 Å². The summed E-state index contributed by atoms with van der Waals surface area (Å²) in [6, 6.07) is 41.5. The van der Waals surface area contributed by atoms with Gasteiger partial charge in [-0.05, 0) is 40.5 Å². The molecule has 0 radical (unpaired) electrons. The summed E-state index contributed by atoms with van der Waals surface area (Å²) in [5.74, 6) is 0. The lowest BCUT2D eigenvalue weighted by Gasteiger charge is -2.20. The molecule has 0 aliphatic rings. The average molecular weight is 533 g/mol. The lowest BCUT2D eigenvalue weighted by atomic mass is 9.91. The van der Waals surface area contributed by atoms with Crippen molar-refractivity contribution in [3.05, 3.63) is 138 Å². The maximum absolute atomic E-state index is 11.7. The first-order chi connectivity index (χ1) is 19.7. The van der Waals surface area contributed by atoms with Gasteiger partial charge in [0.1, 0.15) is 5.69 Å². The van der Waals surface area contributed by atoms with Gasteiger partial charge in [-0.3, -0.25) is 10.1 Å². The van der Waals surface area contributed by atoms with E-state index in [0.717, 1.165) is 39.1 Å². The van der Waals surface area contributed by atoms with Crippen molar-refractivity contribution in [2.24, 2.45) is 0 Å². The van der Waals surface area contributed by atoms with Crippen LogP contribution in [0, 0.1) is 10.1 Å². The molecule has 5 rings (SSSR count). The fourth-order valence-electron chi connectivity index (χ4n) is 4.14. The van der Waals surface area contributed by atoms with Crippen molar-refractivity contribution in [2.75, 3.05) is 5.32 Å². The minimum absolute atomic E-state index is 0.0349. The molecule has 0 saturated heterocycles. The zero-order valence-electron chi connectivity index (χ0n) is 24.4. The summed E-state index contributed by atoms with van der Waals surface area (Å²) in [4.78, 5) is 11.4. The highest BCUT2D eigenvalue weighted by Gasteiger charge is 2.19. The molecular formula is C36H40N2O2. The second-order valence-corrected chi connectivity index (χ2v) is 7.94. The predicted octanol–water partition coefficient (Wildman–Crippen LogP) is 11.4. The Labute approximate surface area is 239 Å². The van der Waals surface area contributed by atoms with Gasteiger partial charge in [0.25, 0.3) is 5.69 Å². The van der Waals surface area contributed by atoms with E-state index in [4.69, 9.17) is 0 Å². The summed E-state index contributed by atoms with van der Waals surface area (Å²) in [6.07, 6.45) is 0. The number of rotatable bonds is 6. The number of nitro benzene ring substituents is 1. The average Bonchev–Trinajstić information content (AvgIpc) is 3.05. The van der Waals surface area contributed by atoms with Gasteiger partial charge in [0.15, 0.2) is 0 Å². The Hall–Kier alpha value is -4.70. The smallest absolute Gasteiger partial charge is 0.292 e. The summed E-state index contributed by atoms with van der Waals surface area (Å²) in [5, 5.41) is 15.2. The van der Waals surface area contributed by atoms with Crippen LogP contribution in [0.1, 0.15) is 41.5 Å². The van der Waals surface area contributed by atoms with Gasteiger partial charge in [-0.15, -0.1) is 0 Å². The second kappa shape index (κ2) is 17.0. The van der Waals surface area contributed by atoms with Crippen LogP contribution in [-0.4, -0.2) is 4.92 Å². The molecule has 0 bridgehead atoms. The van der Waals surface area contributed by atoms with Crippen molar-refractivity contribution in [2.45, 2.75) is 41.5 Å². The molecule has 4 heteroatoms. The quantitative estimate of drug-likeness (QED) is 0.175. The molecule has 0 aliphatic heterocycles. The Morgan fingerprint density at radius 3 is 1.30 bits per heavy atom. The van der Waals surface area contributed by atoms with Crippen molar-refractivity contribution in [3.8, 4) is 33.4 Å². The Bertz CT molecular complexity index is 1370. The van der Waals surface area contributed by atoms with Crippen LogP contribution in [0.4, 0.5) is 17.1 Å². The van der Waals surface area contributed by atoms with E-state index in [0.29, 0.717) is 5.69 Å². The lowest BCUT2D eigenvalue weighted by Crippen LogP contribution is -2.01. The van der Waals surface area contributed by atoms with Crippen molar-refractivity contribution in [1.82, 2.24) is 0 Å². The molecule has 0 saturated carbocycles. The highest BCUT2D eigenvalue weighted by molar-refractivity contribution is 5.97. The standard InChI is InChI=1S/C30H22N2O2.3C2H6/c33-32(34)29-19-11-10-18-28(29)31-30-26(23-14-6-2-7-15-23)20-25(22-12-4-1-5-13-22)21-27(30)24-16-8-3-9-17-24;3*1-2/h1-21,31H;3*1-2H3. The molecule has 0 atom stereocenters. The molecule has 0 heterocycles. The number of hydrogen-bond donors (Lipinski definition) is 1. The minimum Gasteiger partial charge on any atom is -0.349 e. The fourth-order valence-corrected chi connectivity index (χ4v) is 4.14. The van der Waals surface area contributed by atoms with E-state index in [2.05, 4.69) is 53.8 Å². The third kappa shape index (κ3) is 7.90. The molecule has 4 nitrogen and oxygen atoms in total. The third-order valence-electron chi connectivity index (χ3n) is 5.78. The summed E-state index contributed by atoms with van der Waals surface area (Å²) in [7, 11) is 0. The van der Waals surface area contributed by atoms with Crippen LogP contribution in [0.5, 0.6) is 0 Å². The third-order valence-corrected chi connectivity index (χ3v) is 5.78. The molecule has 0 fully saturated rings. The lowest BCUT2D eigenvalue weighted by molar-refractivity contribution is -0.383. The molecule has 0 spiro atoms. The molecule has 0 unspecified atom stereocenters. The highest BCUT2D eigenvalue weighted by atomic mass is 16.6. The highest BCUT2D eigenvalue weighted by Crippen LogP contribution is 2.43. The first kappa shape index (κ1) is 31.5. The van der Waals surface area contributed by atoms with E-state index in [1.807, 2.05) is 96.1 Å². The number of nitro groups is 1. The van der Waals surface area contributed by atoms with Crippen LogP contribution in [0.3, 0.4) is 0 Å². The summed E-state index contributed by atoms with van der Waals surface area (Å²) < 4.78 is 0.